The molecule has 8 heteroatoms. The lowest BCUT2D eigenvalue weighted by atomic mass is 10.2. The molecule has 0 saturated carbocycles. The van der Waals surface area contributed by atoms with Crippen molar-refractivity contribution in [1.29, 1.82) is 0 Å². The van der Waals surface area contributed by atoms with Crippen LogP contribution in [-0.4, -0.2) is 26.3 Å². The molecule has 1 heterocycles. The second-order valence-electron chi connectivity index (χ2n) is 5.03. The summed E-state index contributed by atoms with van der Waals surface area (Å²) in [5.41, 5.74) is 3.34. The van der Waals surface area contributed by atoms with Crippen molar-refractivity contribution in [2.75, 3.05) is 0 Å². The molecule has 2 amide bonds. The molecule has 5 nitrogen and oxygen atoms in total. The third-order valence-electron chi connectivity index (χ3n) is 3.32. The Morgan fingerprint density at radius 2 is 1.88 bits per heavy atom. The summed E-state index contributed by atoms with van der Waals surface area (Å²) in [4.78, 5) is 25.2. The minimum atomic E-state index is -0.612. The van der Waals surface area contributed by atoms with Crippen LogP contribution in [0.4, 0.5) is 0 Å². The Morgan fingerprint density at radius 3 is 2.56 bits per heavy atom. The van der Waals surface area contributed by atoms with Crippen LogP contribution in [0.3, 0.4) is 0 Å². The zero-order valence-electron chi connectivity index (χ0n) is 12.6. The highest BCUT2D eigenvalue weighted by molar-refractivity contribution is 9.10. The highest BCUT2D eigenvalue weighted by atomic mass is 79.9. The van der Waals surface area contributed by atoms with E-state index in [0.717, 1.165) is 26.8 Å². The predicted octanol–water partition coefficient (Wildman–Crippen LogP) is 3.70. The van der Waals surface area contributed by atoms with Gasteiger partial charge in [-0.2, -0.15) is 5.01 Å². The van der Waals surface area contributed by atoms with Gasteiger partial charge in [0, 0.05) is 4.47 Å². The van der Waals surface area contributed by atoms with Crippen LogP contribution in [0, 0.1) is 0 Å². The van der Waals surface area contributed by atoms with Crippen molar-refractivity contribution in [3.63, 3.8) is 0 Å². The fraction of sp³-hybridized carbons (Fsp3) is 0. The number of hydrogen-bond acceptors (Lipinski definition) is 5. The van der Waals surface area contributed by atoms with Gasteiger partial charge in [-0.15, -0.1) is 0 Å². The Bertz CT molecular complexity index is 897. The summed E-state index contributed by atoms with van der Waals surface area (Å²) >= 11 is 9.63. The van der Waals surface area contributed by atoms with Crippen molar-refractivity contribution in [3.8, 4) is 5.75 Å². The van der Waals surface area contributed by atoms with Gasteiger partial charge in [-0.25, -0.2) is 0 Å². The van der Waals surface area contributed by atoms with Crippen molar-refractivity contribution in [2.24, 2.45) is 0 Å². The molecule has 0 atom stereocenters. The molecule has 0 aliphatic carbocycles. The number of aromatic hydroxyl groups is 1. The monoisotopic (exact) mass is 434 g/mol. The van der Waals surface area contributed by atoms with Crippen LogP contribution < -0.4 is 5.43 Å². The molecule has 2 aromatic carbocycles. The van der Waals surface area contributed by atoms with Gasteiger partial charge in [-0.3, -0.25) is 15.0 Å². The molecule has 1 aliphatic rings. The second kappa shape index (κ2) is 7.38. The first-order valence-corrected chi connectivity index (χ1v) is 9.10. The molecular weight excluding hydrogens is 424 g/mol. The van der Waals surface area contributed by atoms with Crippen molar-refractivity contribution in [3.05, 3.63) is 69.0 Å². The molecule has 0 spiro atoms. The minimum absolute atomic E-state index is 0.0634. The van der Waals surface area contributed by atoms with Crippen LogP contribution in [0.5, 0.6) is 5.75 Å². The first kappa shape index (κ1) is 17.7. The van der Waals surface area contributed by atoms with E-state index in [1.807, 2.05) is 24.3 Å². The van der Waals surface area contributed by atoms with Gasteiger partial charge < -0.3 is 5.11 Å². The topological polar surface area (TPSA) is 69.6 Å². The summed E-state index contributed by atoms with van der Waals surface area (Å²) < 4.78 is 1.16. The smallest absolute Gasteiger partial charge is 0.285 e. The van der Waals surface area contributed by atoms with Gasteiger partial charge in [-0.1, -0.05) is 52.0 Å². The van der Waals surface area contributed by atoms with E-state index in [-0.39, 0.29) is 15.6 Å². The molecule has 1 saturated heterocycles. The Balaban J connectivity index is 1.79. The second-order valence-corrected chi connectivity index (χ2v) is 7.62. The van der Waals surface area contributed by atoms with Crippen molar-refractivity contribution >= 4 is 62.1 Å². The maximum atomic E-state index is 12.5. The van der Waals surface area contributed by atoms with E-state index in [0.29, 0.717) is 4.91 Å². The predicted molar refractivity (Wildman–Crippen MR) is 105 cm³/mol. The van der Waals surface area contributed by atoms with E-state index in [1.165, 1.54) is 12.1 Å². The van der Waals surface area contributed by atoms with Crippen molar-refractivity contribution < 1.29 is 14.7 Å². The normalized spacial score (nSPS) is 15.7. The maximum absolute atomic E-state index is 12.5. The van der Waals surface area contributed by atoms with Crippen LogP contribution in [-0.2, 0) is 4.79 Å². The number of hydrazine groups is 1. The van der Waals surface area contributed by atoms with Gasteiger partial charge in [0.1, 0.15) is 5.75 Å². The van der Waals surface area contributed by atoms with Crippen molar-refractivity contribution in [1.82, 2.24) is 10.4 Å². The first-order valence-electron chi connectivity index (χ1n) is 7.08. The number of halogens is 1. The Kier molecular flexibility index (Phi) is 5.22. The molecule has 1 fully saturated rings. The minimum Gasteiger partial charge on any atom is -0.507 e. The average Bonchev–Trinajstić information content (AvgIpc) is 2.85. The van der Waals surface area contributed by atoms with E-state index in [1.54, 1.807) is 18.2 Å². The quantitative estimate of drug-likeness (QED) is 0.569. The summed E-state index contributed by atoms with van der Waals surface area (Å²) in [5.74, 6) is -1.20. The molecule has 0 bridgehead atoms. The van der Waals surface area contributed by atoms with Gasteiger partial charge >= 0.3 is 0 Å². The Labute approximate surface area is 161 Å². The number of carbonyl (C=O) groups excluding carboxylic acids is 2. The number of amides is 2. The number of thioether (sulfide) groups is 1. The lowest BCUT2D eigenvalue weighted by Crippen LogP contribution is -2.44. The lowest BCUT2D eigenvalue weighted by molar-refractivity contribution is -0.123. The molecule has 2 N–H and O–H groups in total. The zero-order valence-corrected chi connectivity index (χ0v) is 15.8. The maximum Gasteiger partial charge on any atom is 0.285 e. The van der Waals surface area contributed by atoms with Gasteiger partial charge in [0.2, 0.25) is 0 Å². The summed E-state index contributed by atoms with van der Waals surface area (Å²) in [6.07, 6.45) is 1.71. The number of benzene rings is 2. The molecule has 1 aliphatic heterocycles. The number of para-hydroxylation sites is 1. The largest absolute Gasteiger partial charge is 0.507 e. The van der Waals surface area contributed by atoms with Crippen LogP contribution in [0.1, 0.15) is 15.9 Å². The molecule has 2 aromatic rings. The average molecular weight is 435 g/mol. The van der Waals surface area contributed by atoms with Gasteiger partial charge in [0.25, 0.3) is 11.8 Å². The van der Waals surface area contributed by atoms with Gasteiger partial charge in [0.15, 0.2) is 4.32 Å². The fourth-order valence-corrected chi connectivity index (χ4v) is 3.55. The van der Waals surface area contributed by atoms with E-state index in [9.17, 15) is 14.7 Å². The number of rotatable bonds is 3. The highest BCUT2D eigenvalue weighted by Gasteiger charge is 2.34. The third-order valence-corrected chi connectivity index (χ3v) is 5.15. The van der Waals surface area contributed by atoms with Crippen LogP contribution >= 0.6 is 39.9 Å². The SMILES string of the molecule is O=C(NN1C(=O)C(=Cc2ccc(Br)cc2)SC1=S)c1ccccc1O. The molecular formula is C17H11BrN2O3S2. The van der Waals surface area contributed by atoms with Gasteiger partial charge in [-0.05, 0) is 48.1 Å². The molecule has 126 valence electrons. The number of phenols is 1. The number of hydrogen-bond donors (Lipinski definition) is 2. The highest BCUT2D eigenvalue weighted by Crippen LogP contribution is 2.31. The number of nitrogens with zero attached hydrogens (tertiary/aromatic N) is 1. The zero-order chi connectivity index (χ0) is 18.0. The van der Waals surface area contributed by atoms with Crippen LogP contribution in [0.25, 0.3) is 6.08 Å². The molecule has 0 aromatic heterocycles. The standard InChI is InChI=1S/C17H11BrN2O3S2/c18-11-7-5-10(6-8-11)9-14-16(23)20(17(24)25-14)19-15(22)12-3-1-2-4-13(12)21/h1-9,21H,(H,19,22). The van der Waals surface area contributed by atoms with E-state index in [2.05, 4.69) is 21.4 Å². The van der Waals surface area contributed by atoms with Crippen LogP contribution in [0.2, 0.25) is 0 Å². The van der Waals surface area contributed by atoms with Crippen molar-refractivity contribution in [2.45, 2.75) is 0 Å². The summed E-state index contributed by atoms with van der Waals surface area (Å²) in [7, 11) is 0. The molecule has 0 radical (unpaired) electrons. The Morgan fingerprint density at radius 1 is 1.20 bits per heavy atom. The third kappa shape index (κ3) is 3.92. The summed E-state index contributed by atoms with van der Waals surface area (Å²) in [6, 6.07) is 13.5. The number of phenolic OH excluding ortho intramolecular Hbond substituents is 1. The molecule has 25 heavy (non-hydrogen) atoms. The lowest BCUT2D eigenvalue weighted by Gasteiger charge is -2.16. The Hall–Kier alpha value is -2.16. The van der Waals surface area contributed by atoms with Crippen LogP contribution in [0.15, 0.2) is 57.9 Å². The van der Waals surface area contributed by atoms with E-state index in [4.69, 9.17) is 12.2 Å². The molecule has 0 unspecified atom stereocenters. The number of nitrogens with one attached hydrogen (secondary N) is 1. The molecule has 3 rings (SSSR count). The summed E-state index contributed by atoms with van der Waals surface area (Å²) in [6.45, 7) is 0. The van der Waals surface area contributed by atoms with E-state index < -0.39 is 11.8 Å². The summed E-state index contributed by atoms with van der Waals surface area (Å²) in [5, 5.41) is 10.8. The number of thiocarbonyl (C=S) groups is 1. The van der Waals surface area contributed by atoms with E-state index >= 15 is 0 Å². The fourth-order valence-electron chi connectivity index (χ4n) is 2.10. The number of carbonyl (C=O) groups is 2. The van der Waals surface area contributed by atoms with Gasteiger partial charge in [0.05, 0.1) is 10.5 Å². The first-order chi connectivity index (χ1) is 12.0.